The summed E-state index contributed by atoms with van der Waals surface area (Å²) < 4.78 is 25.4. The van der Waals surface area contributed by atoms with Crippen molar-refractivity contribution in [2.45, 2.75) is 47.9 Å². The van der Waals surface area contributed by atoms with Gasteiger partial charge in [-0.2, -0.15) is 0 Å². The van der Waals surface area contributed by atoms with Gasteiger partial charge in [-0.25, -0.2) is 8.78 Å². The molecule has 11 heteroatoms. The van der Waals surface area contributed by atoms with E-state index in [2.05, 4.69) is 10.6 Å². The number of benzene rings is 2. The fourth-order valence-electron chi connectivity index (χ4n) is 4.27. The van der Waals surface area contributed by atoms with Gasteiger partial charge < -0.3 is 10.6 Å². The Balaban J connectivity index is 1.45. The lowest BCUT2D eigenvalue weighted by Gasteiger charge is -2.28. The Morgan fingerprint density at radius 3 is 2.18 bits per heavy atom. The first kappa shape index (κ1) is 25.8. The normalized spacial score (nSPS) is 23.3. The monoisotopic (exact) mass is 568 g/mol. The van der Waals surface area contributed by atoms with Gasteiger partial charge in [0.25, 0.3) is 5.91 Å². The summed E-state index contributed by atoms with van der Waals surface area (Å²) in [4.78, 5) is 25.7. The molecular weight excluding hydrogens is 552 g/mol. The highest BCUT2D eigenvalue weighted by molar-refractivity contribution is 6.53. The molecule has 2 aromatic rings. The maximum Gasteiger partial charge on any atom is 0.253 e. The second kappa shape index (κ2) is 9.62. The minimum absolute atomic E-state index is 0.119. The van der Waals surface area contributed by atoms with E-state index in [0.29, 0.717) is 21.3 Å². The maximum absolute atomic E-state index is 13.4. The van der Waals surface area contributed by atoms with Gasteiger partial charge in [-0.15, -0.1) is 23.2 Å². The van der Waals surface area contributed by atoms with Crippen molar-refractivity contribution in [3.63, 3.8) is 0 Å². The molecule has 2 aliphatic rings. The zero-order chi connectivity index (χ0) is 24.8. The van der Waals surface area contributed by atoms with Gasteiger partial charge in [0, 0.05) is 40.5 Å². The fraction of sp³-hybridized carbons (Fsp3) is 0.391. The molecule has 2 N–H and O–H groups in total. The summed E-state index contributed by atoms with van der Waals surface area (Å²) in [7, 11) is 0. The van der Waals surface area contributed by atoms with Crippen LogP contribution in [0.15, 0.2) is 36.4 Å². The molecule has 2 aromatic carbocycles. The number of hydrogen-bond acceptors (Lipinski definition) is 2. The average molecular weight is 571 g/mol. The summed E-state index contributed by atoms with van der Waals surface area (Å²) in [5.74, 6) is -4.94. The van der Waals surface area contributed by atoms with E-state index in [1.807, 2.05) is 0 Å². The van der Waals surface area contributed by atoms with Crippen molar-refractivity contribution in [2.75, 3.05) is 5.32 Å². The van der Waals surface area contributed by atoms with E-state index < -0.39 is 33.9 Å². The molecule has 0 heterocycles. The molecule has 2 aliphatic carbocycles. The predicted molar refractivity (Wildman–Crippen MR) is 132 cm³/mol. The van der Waals surface area contributed by atoms with Crippen molar-refractivity contribution in [1.29, 1.82) is 0 Å². The molecular formula is C23H19Cl5F2N2O2. The number of nitrogens with one attached hydrogen (secondary N) is 2. The second-order valence-corrected chi connectivity index (χ2v) is 11.3. The number of rotatable bonds is 5. The minimum Gasteiger partial charge on any atom is -0.349 e. The van der Waals surface area contributed by atoms with Gasteiger partial charge in [0.2, 0.25) is 11.8 Å². The first-order valence-electron chi connectivity index (χ1n) is 10.5. The van der Waals surface area contributed by atoms with Crippen LogP contribution in [-0.2, 0) is 4.79 Å². The van der Waals surface area contributed by atoms with Gasteiger partial charge in [-0.1, -0.05) is 34.8 Å². The molecule has 0 saturated heterocycles. The second-order valence-electron chi connectivity index (χ2n) is 8.62. The van der Waals surface area contributed by atoms with Gasteiger partial charge >= 0.3 is 0 Å². The van der Waals surface area contributed by atoms with Crippen molar-refractivity contribution < 1.29 is 18.4 Å². The lowest BCUT2D eigenvalue weighted by molar-refractivity contribution is -0.117. The van der Waals surface area contributed by atoms with Gasteiger partial charge in [0.1, 0.15) is 4.33 Å². The molecule has 0 bridgehead atoms. The van der Waals surface area contributed by atoms with Gasteiger partial charge in [0.05, 0.1) is 16.5 Å². The van der Waals surface area contributed by atoms with E-state index in [1.54, 1.807) is 18.2 Å². The highest BCUT2D eigenvalue weighted by Crippen LogP contribution is 2.65. The lowest BCUT2D eigenvalue weighted by Crippen LogP contribution is -2.40. The number of alkyl halides is 4. The lowest BCUT2D eigenvalue weighted by atomic mass is 9.92. The molecule has 182 valence electrons. The van der Waals surface area contributed by atoms with Crippen LogP contribution in [-0.4, -0.2) is 28.1 Å². The third-order valence-corrected chi connectivity index (χ3v) is 7.82. The number of halogens is 7. The van der Waals surface area contributed by atoms with Crippen LogP contribution < -0.4 is 10.6 Å². The molecule has 0 radical (unpaired) electrons. The summed E-state index contributed by atoms with van der Waals surface area (Å²) in [6.07, 6.45) is -0.199. The molecule has 0 aromatic heterocycles. The van der Waals surface area contributed by atoms with E-state index >= 15 is 0 Å². The SMILES string of the molecule is O=C(NC1CCC(F)(F)CC1)c1cc(NC(=O)C2C(c3cc(Cl)cc(Cl)c3)C2(Cl)Cl)ccc1Cl. The van der Waals surface area contributed by atoms with Crippen LogP contribution in [0, 0.1) is 5.92 Å². The number of anilines is 1. The number of amides is 2. The van der Waals surface area contributed by atoms with Crippen LogP contribution >= 0.6 is 58.0 Å². The molecule has 2 unspecified atom stereocenters. The Bertz CT molecular complexity index is 1110. The topological polar surface area (TPSA) is 58.2 Å². The number of carbonyl (C=O) groups excluding carboxylic acids is 2. The quantitative estimate of drug-likeness (QED) is 0.366. The van der Waals surface area contributed by atoms with Gasteiger partial charge in [-0.3, -0.25) is 9.59 Å². The number of hydrogen-bond donors (Lipinski definition) is 2. The molecule has 34 heavy (non-hydrogen) atoms. The van der Waals surface area contributed by atoms with Gasteiger partial charge in [0.15, 0.2) is 0 Å². The van der Waals surface area contributed by atoms with Gasteiger partial charge in [-0.05, 0) is 54.8 Å². The molecule has 0 aliphatic heterocycles. The van der Waals surface area contributed by atoms with Crippen LogP contribution in [0.1, 0.15) is 47.5 Å². The number of carbonyl (C=O) groups is 2. The smallest absolute Gasteiger partial charge is 0.253 e. The fourth-order valence-corrected chi connectivity index (χ4v) is 5.84. The zero-order valence-electron chi connectivity index (χ0n) is 17.5. The summed E-state index contributed by atoms with van der Waals surface area (Å²) in [6, 6.07) is 8.92. The van der Waals surface area contributed by atoms with E-state index in [9.17, 15) is 18.4 Å². The van der Waals surface area contributed by atoms with E-state index in [-0.39, 0.29) is 42.3 Å². The van der Waals surface area contributed by atoms with E-state index in [1.165, 1.54) is 18.2 Å². The van der Waals surface area contributed by atoms with Crippen molar-refractivity contribution in [2.24, 2.45) is 5.92 Å². The predicted octanol–water partition coefficient (Wildman–Crippen LogP) is 7.48. The van der Waals surface area contributed by atoms with Crippen molar-refractivity contribution in [1.82, 2.24) is 5.32 Å². The van der Waals surface area contributed by atoms with Crippen LogP contribution in [0.5, 0.6) is 0 Å². The Labute approximate surface area is 220 Å². The zero-order valence-corrected chi connectivity index (χ0v) is 21.3. The van der Waals surface area contributed by atoms with Crippen molar-refractivity contribution in [3.05, 3.63) is 62.6 Å². The largest absolute Gasteiger partial charge is 0.349 e. The molecule has 2 atom stereocenters. The van der Waals surface area contributed by atoms with Crippen LogP contribution in [0.25, 0.3) is 0 Å². The molecule has 4 nitrogen and oxygen atoms in total. The Morgan fingerprint density at radius 1 is 0.941 bits per heavy atom. The highest BCUT2D eigenvalue weighted by atomic mass is 35.5. The van der Waals surface area contributed by atoms with Crippen LogP contribution in [0.3, 0.4) is 0 Å². The summed E-state index contributed by atoms with van der Waals surface area (Å²) in [5.41, 5.74) is 1.07. The Kier molecular flexibility index (Phi) is 7.30. The molecule has 4 rings (SSSR count). The molecule has 2 fully saturated rings. The van der Waals surface area contributed by atoms with Crippen molar-refractivity contribution >= 4 is 75.5 Å². The Morgan fingerprint density at radius 2 is 1.56 bits per heavy atom. The van der Waals surface area contributed by atoms with Crippen molar-refractivity contribution in [3.8, 4) is 0 Å². The van der Waals surface area contributed by atoms with Crippen LogP contribution in [0.2, 0.25) is 15.1 Å². The Hall–Kier alpha value is -1.31. The molecule has 2 saturated carbocycles. The van der Waals surface area contributed by atoms with E-state index in [4.69, 9.17) is 58.0 Å². The molecule has 2 amide bonds. The first-order valence-corrected chi connectivity index (χ1v) is 12.4. The summed E-state index contributed by atoms with van der Waals surface area (Å²) in [5, 5.41) is 6.42. The summed E-state index contributed by atoms with van der Waals surface area (Å²) >= 11 is 31.1. The standard InChI is InChI=1S/C23H19Cl5F2N2O2/c24-12-7-11(8-13(25)9-12)18-19(23(18,27)28)21(34)32-15-1-2-17(26)16(10-15)20(33)31-14-3-5-22(29,30)6-4-14/h1-2,7-10,14,18-19H,3-6H2,(H,31,33)(H,32,34). The molecule has 0 spiro atoms. The average Bonchev–Trinajstić information content (AvgIpc) is 3.32. The summed E-state index contributed by atoms with van der Waals surface area (Å²) in [6.45, 7) is 0. The van der Waals surface area contributed by atoms with E-state index in [0.717, 1.165) is 0 Å². The minimum atomic E-state index is -2.69. The highest BCUT2D eigenvalue weighted by Gasteiger charge is 2.67. The third kappa shape index (κ3) is 5.57. The first-order chi connectivity index (χ1) is 15.9. The third-order valence-electron chi connectivity index (χ3n) is 6.11. The maximum atomic E-state index is 13.4. The van der Waals surface area contributed by atoms with Crippen LogP contribution in [0.4, 0.5) is 14.5 Å².